The van der Waals surface area contributed by atoms with Crippen LogP contribution in [0.2, 0.25) is 0 Å². The van der Waals surface area contributed by atoms with Gasteiger partial charge in [0.05, 0.1) is 5.69 Å². The molecule has 1 N–H and O–H groups in total. The molecule has 0 unspecified atom stereocenters. The fourth-order valence-corrected chi connectivity index (χ4v) is 3.64. The van der Waals surface area contributed by atoms with Crippen molar-refractivity contribution >= 4 is 23.2 Å². The Kier molecular flexibility index (Phi) is 5.12. The largest absolute Gasteiger partial charge is 0.349 e. The molecule has 122 valence electrons. The van der Waals surface area contributed by atoms with E-state index in [0.29, 0.717) is 24.4 Å². The third-order valence-electron chi connectivity index (χ3n) is 4.07. The second kappa shape index (κ2) is 7.46. The van der Waals surface area contributed by atoms with Gasteiger partial charge in [-0.25, -0.2) is 0 Å². The maximum absolute atomic E-state index is 12.4. The first-order chi connectivity index (χ1) is 11.3. The molecule has 0 atom stereocenters. The lowest BCUT2D eigenvalue weighted by atomic mass is 10.2. The number of hydrogen-bond donors (Lipinski definition) is 1. The third-order valence-corrected chi connectivity index (χ3v) is 4.97. The highest BCUT2D eigenvalue weighted by Crippen LogP contribution is 2.21. The lowest BCUT2D eigenvalue weighted by Crippen LogP contribution is -2.38. The van der Waals surface area contributed by atoms with Crippen molar-refractivity contribution in [3.63, 3.8) is 0 Å². The van der Waals surface area contributed by atoms with Crippen LogP contribution in [0.25, 0.3) is 5.69 Å². The number of thiophene rings is 1. The number of nitrogens with one attached hydrogen (secondary N) is 1. The number of rotatable bonds is 5. The summed E-state index contributed by atoms with van der Waals surface area (Å²) in [6, 6.07) is 5.81. The van der Waals surface area contributed by atoms with Gasteiger partial charge in [0, 0.05) is 38.4 Å². The van der Waals surface area contributed by atoms with E-state index < -0.39 is 0 Å². The summed E-state index contributed by atoms with van der Waals surface area (Å²) in [5, 5.41) is 4.86. The molecule has 0 saturated carbocycles. The molecule has 0 aromatic carbocycles. The van der Waals surface area contributed by atoms with Gasteiger partial charge in [-0.05, 0) is 36.4 Å². The fourth-order valence-electron chi connectivity index (χ4n) is 2.83. The molecule has 5 nitrogen and oxygen atoms in total. The summed E-state index contributed by atoms with van der Waals surface area (Å²) < 4.78 is 1.93. The standard InChI is InChI=1S/C17H21N3O2S/c21-15-6-2-1-3-11-20(15)12-8-18-17(22)16-14(7-13-23-16)19-9-4-5-10-19/h4-5,7,9-10,13H,1-3,6,8,11-12H2,(H,18,22). The Morgan fingerprint density at radius 2 is 2.04 bits per heavy atom. The van der Waals surface area contributed by atoms with Crippen LogP contribution in [0.3, 0.4) is 0 Å². The van der Waals surface area contributed by atoms with Crippen LogP contribution in [0.15, 0.2) is 36.0 Å². The predicted octanol–water partition coefficient (Wildman–Crippen LogP) is 2.67. The minimum absolute atomic E-state index is 0.0778. The quantitative estimate of drug-likeness (QED) is 0.916. The van der Waals surface area contributed by atoms with Crippen LogP contribution >= 0.6 is 11.3 Å². The SMILES string of the molecule is O=C(NCCN1CCCCCC1=O)c1sccc1-n1cccc1. The maximum Gasteiger partial charge on any atom is 0.263 e. The molecule has 0 aliphatic carbocycles. The summed E-state index contributed by atoms with van der Waals surface area (Å²) in [4.78, 5) is 26.9. The average Bonchev–Trinajstić information content (AvgIpc) is 3.19. The van der Waals surface area contributed by atoms with Crippen LogP contribution in [0.4, 0.5) is 0 Å². The molecule has 6 heteroatoms. The molecule has 2 aromatic heterocycles. The highest BCUT2D eigenvalue weighted by molar-refractivity contribution is 7.12. The highest BCUT2D eigenvalue weighted by Gasteiger charge is 2.17. The zero-order valence-electron chi connectivity index (χ0n) is 13.0. The van der Waals surface area contributed by atoms with Gasteiger partial charge in [0.2, 0.25) is 5.91 Å². The minimum Gasteiger partial charge on any atom is -0.349 e. The topological polar surface area (TPSA) is 54.3 Å². The van der Waals surface area contributed by atoms with E-state index in [1.807, 2.05) is 45.4 Å². The summed E-state index contributed by atoms with van der Waals surface area (Å²) in [7, 11) is 0. The first-order valence-corrected chi connectivity index (χ1v) is 8.90. The molecule has 0 bridgehead atoms. The smallest absolute Gasteiger partial charge is 0.263 e. The van der Waals surface area contributed by atoms with E-state index in [9.17, 15) is 9.59 Å². The van der Waals surface area contributed by atoms with E-state index in [2.05, 4.69) is 5.32 Å². The zero-order valence-corrected chi connectivity index (χ0v) is 13.8. The van der Waals surface area contributed by atoms with Crippen molar-refractivity contribution in [2.75, 3.05) is 19.6 Å². The molecule has 2 amide bonds. The highest BCUT2D eigenvalue weighted by atomic mass is 32.1. The fraction of sp³-hybridized carbons (Fsp3) is 0.412. The number of nitrogens with zero attached hydrogens (tertiary/aromatic N) is 2. The summed E-state index contributed by atoms with van der Waals surface area (Å²) in [6.07, 6.45) is 7.64. The number of likely N-dealkylation sites (tertiary alicyclic amines) is 1. The van der Waals surface area contributed by atoms with Gasteiger partial charge in [-0.1, -0.05) is 6.42 Å². The Morgan fingerprint density at radius 3 is 2.87 bits per heavy atom. The van der Waals surface area contributed by atoms with Gasteiger partial charge in [0.1, 0.15) is 4.88 Å². The average molecular weight is 331 g/mol. The van der Waals surface area contributed by atoms with Crippen LogP contribution < -0.4 is 5.32 Å². The molecule has 0 radical (unpaired) electrons. The lowest BCUT2D eigenvalue weighted by Gasteiger charge is -2.20. The van der Waals surface area contributed by atoms with Gasteiger partial charge in [0.15, 0.2) is 0 Å². The van der Waals surface area contributed by atoms with Crippen LogP contribution in [0.1, 0.15) is 35.4 Å². The monoisotopic (exact) mass is 331 g/mol. The van der Waals surface area contributed by atoms with Gasteiger partial charge >= 0.3 is 0 Å². The second-order valence-electron chi connectivity index (χ2n) is 5.67. The van der Waals surface area contributed by atoms with Crippen LogP contribution in [0.5, 0.6) is 0 Å². The first kappa shape index (κ1) is 15.8. The van der Waals surface area contributed by atoms with Gasteiger partial charge in [-0.15, -0.1) is 11.3 Å². The van der Waals surface area contributed by atoms with Gasteiger partial charge in [0.25, 0.3) is 5.91 Å². The summed E-state index contributed by atoms with van der Waals surface area (Å²) >= 11 is 1.43. The first-order valence-electron chi connectivity index (χ1n) is 8.02. The lowest BCUT2D eigenvalue weighted by molar-refractivity contribution is -0.130. The number of hydrogen-bond acceptors (Lipinski definition) is 3. The van der Waals surface area contributed by atoms with Crippen molar-refractivity contribution in [3.8, 4) is 5.69 Å². The Bertz CT molecular complexity index is 663. The maximum atomic E-state index is 12.4. The second-order valence-corrected chi connectivity index (χ2v) is 6.59. The minimum atomic E-state index is -0.0778. The number of carbonyl (C=O) groups excluding carboxylic acids is 2. The van der Waals surface area contributed by atoms with Crippen molar-refractivity contribution < 1.29 is 9.59 Å². The molecule has 23 heavy (non-hydrogen) atoms. The van der Waals surface area contributed by atoms with E-state index in [4.69, 9.17) is 0 Å². The molecule has 3 rings (SSSR count). The third kappa shape index (κ3) is 3.82. The predicted molar refractivity (Wildman–Crippen MR) is 91.0 cm³/mol. The Labute approximate surface area is 139 Å². The molecule has 3 heterocycles. The molecule has 1 saturated heterocycles. The van der Waals surface area contributed by atoms with Gasteiger partial charge in [-0.2, -0.15) is 0 Å². The van der Waals surface area contributed by atoms with Crippen molar-refractivity contribution in [2.24, 2.45) is 0 Å². The normalized spacial score (nSPS) is 15.5. The molecule has 2 aromatic rings. The molecule has 1 aliphatic heterocycles. The Morgan fingerprint density at radius 1 is 1.22 bits per heavy atom. The number of amides is 2. The molecule has 0 spiro atoms. The van der Waals surface area contributed by atoms with Gasteiger partial charge in [-0.3, -0.25) is 9.59 Å². The molecule has 1 fully saturated rings. The van der Waals surface area contributed by atoms with E-state index >= 15 is 0 Å². The molecular formula is C17H21N3O2S. The van der Waals surface area contributed by atoms with E-state index in [1.165, 1.54) is 11.3 Å². The van der Waals surface area contributed by atoms with E-state index in [0.717, 1.165) is 31.5 Å². The summed E-state index contributed by atoms with van der Waals surface area (Å²) in [5.74, 6) is 0.131. The van der Waals surface area contributed by atoms with Crippen LogP contribution in [0, 0.1) is 0 Å². The van der Waals surface area contributed by atoms with Crippen LogP contribution in [-0.4, -0.2) is 40.9 Å². The van der Waals surface area contributed by atoms with Crippen molar-refractivity contribution in [1.29, 1.82) is 0 Å². The molecular weight excluding hydrogens is 310 g/mol. The van der Waals surface area contributed by atoms with Gasteiger partial charge < -0.3 is 14.8 Å². The van der Waals surface area contributed by atoms with E-state index in [-0.39, 0.29) is 11.8 Å². The van der Waals surface area contributed by atoms with Crippen molar-refractivity contribution in [2.45, 2.75) is 25.7 Å². The van der Waals surface area contributed by atoms with Crippen molar-refractivity contribution in [3.05, 3.63) is 40.8 Å². The Balaban J connectivity index is 1.56. The Hall–Kier alpha value is -2.08. The summed E-state index contributed by atoms with van der Waals surface area (Å²) in [6.45, 7) is 1.89. The summed E-state index contributed by atoms with van der Waals surface area (Å²) in [5.41, 5.74) is 0.892. The zero-order chi connectivity index (χ0) is 16.1. The van der Waals surface area contributed by atoms with Crippen LogP contribution in [-0.2, 0) is 4.79 Å². The number of carbonyl (C=O) groups is 2. The molecule has 1 aliphatic rings. The number of aromatic nitrogens is 1. The van der Waals surface area contributed by atoms with E-state index in [1.54, 1.807) is 0 Å². The van der Waals surface area contributed by atoms with Crippen molar-refractivity contribution in [1.82, 2.24) is 14.8 Å².